The molecule has 1 amide bonds. The van der Waals surface area contributed by atoms with E-state index in [2.05, 4.69) is 20.4 Å². The summed E-state index contributed by atoms with van der Waals surface area (Å²) in [4.78, 5) is 34.2. The van der Waals surface area contributed by atoms with E-state index in [1.54, 1.807) is 41.8 Å². The highest BCUT2D eigenvalue weighted by Crippen LogP contribution is 2.13. The van der Waals surface area contributed by atoms with E-state index in [0.29, 0.717) is 34.5 Å². The van der Waals surface area contributed by atoms with Crippen LogP contribution in [0.4, 0.5) is 0 Å². The Morgan fingerprint density at radius 3 is 2.60 bits per heavy atom. The first-order valence-corrected chi connectivity index (χ1v) is 9.73. The minimum Gasteiger partial charge on any atom is -0.341 e. The Kier molecular flexibility index (Phi) is 5.38. The topological polar surface area (TPSA) is 103 Å². The molecule has 0 saturated carbocycles. The standard InChI is InChI=1S/C22H21N5O3/c1-3-19-24-17-12-8-7-11-16(17)22(29)27(19)13-18-25-21(30-26-18)14(2)23-20(28)15-9-5-4-6-10-15/h4-12,14H,3,13H2,1-2H3,(H,23,28)/t14-/m0/s1. The molecular weight excluding hydrogens is 382 g/mol. The smallest absolute Gasteiger partial charge is 0.261 e. The van der Waals surface area contributed by atoms with Crippen LogP contribution in [0.15, 0.2) is 63.9 Å². The molecule has 0 saturated heterocycles. The molecule has 0 fully saturated rings. The number of aryl methyl sites for hydroxylation is 1. The van der Waals surface area contributed by atoms with Crippen LogP contribution in [0.5, 0.6) is 0 Å². The summed E-state index contributed by atoms with van der Waals surface area (Å²) < 4.78 is 6.88. The Morgan fingerprint density at radius 1 is 1.10 bits per heavy atom. The predicted molar refractivity (Wildman–Crippen MR) is 111 cm³/mol. The van der Waals surface area contributed by atoms with Gasteiger partial charge in [0, 0.05) is 12.0 Å². The summed E-state index contributed by atoms with van der Waals surface area (Å²) in [5, 5.41) is 7.36. The third-order valence-electron chi connectivity index (χ3n) is 4.79. The van der Waals surface area contributed by atoms with Crippen LogP contribution in [0.3, 0.4) is 0 Å². The first-order valence-electron chi connectivity index (χ1n) is 9.73. The molecule has 0 aliphatic rings. The van der Waals surface area contributed by atoms with Crippen LogP contribution in [0.1, 0.15) is 47.8 Å². The normalized spacial score (nSPS) is 12.1. The zero-order valence-electron chi connectivity index (χ0n) is 16.7. The number of hydrogen-bond acceptors (Lipinski definition) is 6. The summed E-state index contributed by atoms with van der Waals surface area (Å²) in [5.41, 5.74) is 1.07. The van der Waals surface area contributed by atoms with Crippen LogP contribution in [-0.2, 0) is 13.0 Å². The number of fused-ring (bicyclic) bond motifs is 1. The highest BCUT2D eigenvalue weighted by Gasteiger charge is 2.19. The fourth-order valence-electron chi connectivity index (χ4n) is 3.23. The van der Waals surface area contributed by atoms with Crippen LogP contribution in [-0.4, -0.2) is 25.6 Å². The van der Waals surface area contributed by atoms with Gasteiger partial charge >= 0.3 is 0 Å². The summed E-state index contributed by atoms with van der Waals surface area (Å²) in [6, 6.07) is 15.7. The van der Waals surface area contributed by atoms with Crippen molar-refractivity contribution in [1.82, 2.24) is 25.0 Å². The minimum atomic E-state index is -0.476. The largest absolute Gasteiger partial charge is 0.341 e. The average Bonchev–Trinajstić information content (AvgIpc) is 3.25. The van der Waals surface area contributed by atoms with E-state index in [-0.39, 0.29) is 23.9 Å². The van der Waals surface area contributed by atoms with Gasteiger partial charge in [-0.1, -0.05) is 42.4 Å². The van der Waals surface area contributed by atoms with Crippen molar-refractivity contribution < 1.29 is 9.32 Å². The van der Waals surface area contributed by atoms with Crippen LogP contribution in [0.2, 0.25) is 0 Å². The Labute approximate surface area is 172 Å². The molecule has 152 valence electrons. The molecule has 0 aliphatic carbocycles. The Hall–Kier alpha value is -3.81. The first-order chi connectivity index (χ1) is 14.6. The number of rotatable bonds is 6. The van der Waals surface area contributed by atoms with Crippen molar-refractivity contribution in [3.8, 4) is 0 Å². The molecule has 4 rings (SSSR count). The van der Waals surface area contributed by atoms with Gasteiger partial charge in [0.05, 0.1) is 17.4 Å². The van der Waals surface area contributed by atoms with Crippen molar-refractivity contribution in [3.05, 3.63) is 88.1 Å². The fourth-order valence-corrected chi connectivity index (χ4v) is 3.23. The number of carbonyl (C=O) groups excluding carboxylic acids is 1. The van der Waals surface area contributed by atoms with Gasteiger partial charge in [-0.2, -0.15) is 4.98 Å². The lowest BCUT2D eigenvalue weighted by Crippen LogP contribution is -2.27. The molecule has 30 heavy (non-hydrogen) atoms. The van der Waals surface area contributed by atoms with E-state index in [1.807, 2.05) is 31.2 Å². The molecule has 0 radical (unpaired) electrons. The van der Waals surface area contributed by atoms with Gasteiger partial charge in [0.1, 0.15) is 11.9 Å². The number of nitrogens with one attached hydrogen (secondary N) is 1. The van der Waals surface area contributed by atoms with E-state index in [4.69, 9.17) is 4.52 Å². The highest BCUT2D eigenvalue weighted by molar-refractivity contribution is 5.94. The lowest BCUT2D eigenvalue weighted by atomic mass is 10.2. The van der Waals surface area contributed by atoms with Gasteiger partial charge in [0.15, 0.2) is 5.82 Å². The Balaban J connectivity index is 1.56. The summed E-state index contributed by atoms with van der Waals surface area (Å²) in [6.45, 7) is 3.85. The number of para-hydroxylation sites is 1. The fraction of sp³-hybridized carbons (Fsp3) is 0.227. The van der Waals surface area contributed by atoms with Crippen molar-refractivity contribution in [1.29, 1.82) is 0 Å². The number of aromatic nitrogens is 4. The van der Waals surface area contributed by atoms with Crippen molar-refractivity contribution in [2.45, 2.75) is 32.9 Å². The van der Waals surface area contributed by atoms with Gasteiger partial charge < -0.3 is 9.84 Å². The number of amides is 1. The molecule has 0 aliphatic heterocycles. The first kappa shape index (κ1) is 19.5. The van der Waals surface area contributed by atoms with Gasteiger partial charge in [0.2, 0.25) is 5.89 Å². The third-order valence-corrected chi connectivity index (χ3v) is 4.79. The number of benzene rings is 2. The lowest BCUT2D eigenvalue weighted by Gasteiger charge is -2.10. The minimum absolute atomic E-state index is 0.142. The lowest BCUT2D eigenvalue weighted by molar-refractivity contribution is 0.0932. The van der Waals surface area contributed by atoms with E-state index in [1.165, 1.54) is 0 Å². The summed E-state index contributed by atoms with van der Waals surface area (Å²) in [6.07, 6.45) is 0.592. The predicted octanol–water partition coefficient (Wildman–Crippen LogP) is 2.88. The highest BCUT2D eigenvalue weighted by atomic mass is 16.5. The number of nitrogens with zero attached hydrogens (tertiary/aromatic N) is 4. The molecule has 8 heteroatoms. The van der Waals surface area contributed by atoms with E-state index >= 15 is 0 Å². The SMILES string of the molecule is CCc1nc2ccccc2c(=O)n1Cc1noc([C@H](C)NC(=O)c2ccccc2)n1. The zero-order valence-corrected chi connectivity index (χ0v) is 16.7. The van der Waals surface area contributed by atoms with Gasteiger partial charge in [-0.05, 0) is 31.2 Å². The van der Waals surface area contributed by atoms with Gasteiger partial charge in [-0.3, -0.25) is 14.2 Å². The molecule has 2 aromatic carbocycles. The maximum Gasteiger partial charge on any atom is 0.261 e. The van der Waals surface area contributed by atoms with Crippen LogP contribution in [0.25, 0.3) is 10.9 Å². The molecule has 2 heterocycles. The van der Waals surface area contributed by atoms with E-state index < -0.39 is 6.04 Å². The molecule has 1 atom stereocenters. The van der Waals surface area contributed by atoms with Crippen LogP contribution in [0, 0.1) is 0 Å². The summed E-state index contributed by atoms with van der Waals surface area (Å²) in [7, 11) is 0. The Bertz CT molecular complexity index is 1250. The summed E-state index contributed by atoms with van der Waals surface area (Å²) >= 11 is 0. The molecule has 0 bridgehead atoms. The summed E-state index contributed by atoms with van der Waals surface area (Å²) in [5.74, 6) is 1.04. The monoisotopic (exact) mass is 403 g/mol. The molecule has 2 aromatic heterocycles. The van der Waals surface area contributed by atoms with Crippen molar-refractivity contribution in [2.24, 2.45) is 0 Å². The Morgan fingerprint density at radius 2 is 1.83 bits per heavy atom. The molecule has 1 N–H and O–H groups in total. The average molecular weight is 403 g/mol. The van der Waals surface area contributed by atoms with Crippen LogP contribution < -0.4 is 10.9 Å². The number of hydrogen-bond donors (Lipinski definition) is 1. The maximum absolute atomic E-state index is 12.9. The van der Waals surface area contributed by atoms with Gasteiger partial charge in [-0.15, -0.1) is 0 Å². The van der Waals surface area contributed by atoms with Gasteiger partial charge in [-0.25, -0.2) is 4.98 Å². The second-order valence-electron chi connectivity index (χ2n) is 6.90. The molecule has 8 nitrogen and oxygen atoms in total. The van der Waals surface area contributed by atoms with Crippen LogP contribution >= 0.6 is 0 Å². The van der Waals surface area contributed by atoms with Gasteiger partial charge in [0.25, 0.3) is 11.5 Å². The van der Waals surface area contributed by atoms with Crippen molar-refractivity contribution >= 4 is 16.8 Å². The quantitative estimate of drug-likeness (QED) is 0.531. The second kappa shape index (κ2) is 8.28. The van der Waals surface area contributed by atoms with Crippen molar-refractivity contribution in [2.75, 3.05) is 0 Å². The zero-order chi connectivity index (χ0) is 21.1. The molecule has 0 spiro atoms. The third kappa shape index (κ3) is 3.84. The van der Waals surface area contributed by atoms with E-state index in [9.17, 15) is 9.59 Å². The molecule has 4 aromatic rings. The van der Waals surface area contributed by atoms with Crippen molar-refractivity contribution in [3.63, 3.8) is 0 Å². The molecular formula is C22H21N5O3. The second-order valence-corrected chi connectivity index (χ2v) is 6.90. The number of carbonyl (C=O) groups is 1. The molecule has 0 unspecified atom stereocenters. The maximum atomic E-state index is 12.9. The van der Waals surface area contributed by atoms with E-state index in [0.717, 1.165) is 0 Å².